The lowest BCUT2D eigenvalue weighted by Gasteiger charge is -2.19. The van der Waals surface area contributed by atoms with E-state index in [0.29, 0.717) is 0 Å². The fraction of sp³-hybridized carbons (Fsp3) is 0.786. The highest BCUT2D eigenvalue weighted by atomic mass is 32.2. The van der Waals surface area contributed by atoms with Gasteiger partial charge in [-0.2, -0.15) is 11.8 Å². The Kier molecular flexibility index (Phi) is 3.46. The van der Waals surface area contributed by atoms with Crippen LogP contribution in [0.25, 0.3) is 0 Å². The standard InChI is InChI=1S/C14H22N2S/c1-11-4-5-16-9-13(15-14(16)7-11)8-12-3-2-6-17-10-12/h9,11-12H,2-8,10H2,1H3. The van der Waals surface area contributed by atoms with Crippen molar-refractivity contribution in [3.8, 4) is 0 Å². The van der Waals surface area contributed by atoms with Gasteiger partial charge in [0.1, 0.15) is 5.82 Å². The number of imidazole rings is 1. The molecule has 0 spiro atoms. The number of rotatable bonds is 2. The third-order valence-corrected chi connectivity index (χ3v) is 5.34. The number of nitrogens with zero attached hydrogens (tertiary/aromatic N) is 2. The van der Waals surface area contributed by atoms with Crippen molar-refractivity contribution in [3.05, 3.63) is 17.7 Å². The zero-order valence-electron chi connectivity index (χ0n) is 10.7. The quantitative estimate of drug-likeness (QED) is 0.802. The molecule has 3 rings (SSSR count). The molecule has 3 heteroatoms. The van der Waals surface area contributed by atoms with Crippen LogP contribution in [0.5, 0.6) is 0 Å². The van der Waals surface area contributed by atoms with Gasteiger partial charge < -0.3 is 4.57 Å². The molecule has 0 aromatic carbocycles. The van der Waals surface area contributed by atoms with Gasteiger partial charge in [0, 0.05) is 19.2 Å². The number of thioether (sulfide) groups is 1. The average Bonchev–Trinajstić information content (AvgIpc) is 2.71. The number of hydrogen-bond donors (Lipinski definition) is 0. The summed E-state index contributed by atoms with van der Waals surface area (Å²) in [6.45, 7) is 3.53. The Morgan fingerprint density at radius 2 is 2.41 bits per heavy atom. The lowest BCUT2D eigenvalue weighted by atomic mass is 10.00. The van der Waals surface area contributed by atoms with E-state index in [1.807, 2.05) is 0 Å². The van der Waals surface area contributed by atoms with Crippen molar-refractivity contribution in [2.24, 2.45) is 11.8 Å². The predicted molar refractivity (Wildman–Crippen MR) is 73.5 cm³/mol. The fourth-order valence-electron chi connectivity index (χ4n) is 3.01. The van der Waals surface area contributed by atoms with Crippen LogP contribution in [0.4, 0.5) is 0 Å². The van der Waals surface area contributed by atoms with E-state index >= 15 is 0 Å². The summed E-state index contributed by atoms with van der Waals surface area (Å²) in [5, 5.41) is 0. The van der Waals surface area contributed by atoms with Crippen molar-refractivity contribution in [3.63, 3.8) is 0 Å². The van der Waals surface area contributed by atoms with Crippen molar-refractivity contribution >= 4 is 11.8 Å². The Morgan fingerprint density at radius 3 is 3.24 bits per heavy atom. The van der Waals surface area contributed by atoms with Gasteiger partial charge in [-0.15, -0.1) is 0 Å². The van der Waals surface area contributed by atoms with Crippen molar-refractivity contribution in [2.45, 2.75) is 45.6 Å². The molecule has 0 aliphatic carbocycles. The van der Waals surface area contributed by atoms with Crippen molar-refractivity contribution in [1.29, 1.82) is 0 Å². The molecule has 94 valence electrons. The first-order valence-corrected chi connectivity index (χ1v) is 8.09. The molecule has 1 fully saturated rings. The highest BCUT2D eigenvalue weighted by Crippen LogP contribution is 2.26. The molecule has 17 heavy (non-hydrogen) atoms. The zero-order valence-corrected chi connectivity index (χ0v) is 11.5. The first-order valence-electron chi connectivity index (χ1n) is 6.94. The van der Waals surface area contributed by atoms with Crippen molar-refractivity contribution < 1.29 is 0 Å². The fourth-order valence-corrected chi connectivity index (χ4v) is 4.16. The van der Waals surface area contributed by atoms with Crippen LogP contribution in [-0.2, 0) is 19.4 Å². The molecule has 2 aliphatic rings. The summed E-state index contributed by atoms with van der Waals surface area (Å²) in [4.78, 5) is 4.85. The molecule has 0 radical (unpaired) electrons. The van der Waals surface area contributed by atoms with Gasteiger partial charge in [0.25, 0.3) is 0 Å². The molecule has 0 bridgehead atoms. The van der Waals surface area contributed by atoms with Crippen molar-refractivity contribution in [2.75, 3.05) is 11.5 Å². The second kappa shape index (κ2) is 5.05. The Hall–Kier alpha value is -0.440. The first kappa shape index (κ1) is 11.6. The van der Waals surface area contributed by atoms with Crippen LogP contribution < -0.4 is 0 Å². The normalized spacial score (nSPS) is 29.0. The molecule has 1 aromatic rings. The molecule has 2 aliphatic heterocycles. The smallest absolute Gasteiger partial charge is 0.109 e. The van der Waals surface area contributed by atoms with Gasteiger partial charge in [0.15, 0.2) is 0 Å². The first-order chi connectivity index (χ1) is 8.31. The van der Waals surface area contributed by atoms with Crippen LogP contribution >= 0.6 is 11.8 Å². The Balaban J connectivity index is 1.67. The summed E-state index contributed by atoms with van der Waals surface area (Å²) in [6, 6.07) is 0. The number of aryl methyl sites for hydroxylation is 1. The third kappa shape index (κ3) is 2.70. The zero-order chi connectivity index (χ0) is 11.7. The maximum atomic E-state index is 4.85. The lowest BCUT2D eigenvalue weighted by Crippen LogP contribution is -2.16. The van der Waals surface area contributed by atoms with Crippen LogP contribution in [0.3, 0.4) is 0 Å². The van der Waals surface area contributed by atoms with Crippen molar-refractivity contribution in [1.82, 2.24) is 9.55 Å². The second-order valence-corrected chi connectivity index (χ2v) is 6.88. The monoisotopic (exact) mass is 250 g/mol. The minimum absolute atomic E-state index is 0.822. The Morgan fingerprint density at radius 1 is 1.47 bits per heavy atom. The summed E-state index contributed by atoms with van der Waals surface area (Å²) >= 11 is 2.12. The predicted octanol–water partition coefficient (Wildman–Crippen LogP) is 3.15. The molecular formula is C14H22N2S. The average molecular weight is 250 g/mol. The molecule has 2 nitrogen and oxygen atoms in total. The number of hydrogen-bond acceptors (Lipinski definition) is 2. The molecule has 1 aromatic heterocycles. The third-order valence-electron chi connectivity index (χ3n) is 4.06. The van der Waals surface area contributed by atoms with Crippen LogP contribution in [0, 0.1) is 11.8 Å². The minimum Gasteiger partial charge on any atom is -0.335 e. The molecule has 0 saturated carbocycles. The van der Waals surface area contributed by atoms with Gasteiger partial charge in [-0.25, -0.2) is 4.98 Å². The van der Waals surface area contributed by atoms with E-state index in [2.05, 4.69) is 29.4 Å². The minimum atomic E-state index is 0.822. The molecule has 3 heterocycles. The maximum absolute atomic E-state index is 4.85. The molecular weight excluding hydrogens is 228 g/mol. The highest BCUT2D eigenvalue weighted by Gasteiger charge is 2.20. The van der Waals surface area contributed by atoms with Crippen LogP contribution in [0.2, 0.25) is 0 Å². The number of fused-ring (bicyclic) bond motifs is 1. The molecule has 2 atom stereocenters. The van der Waals surface area contributed by atoms with E-state index in [-0.39, 0.29) is 0 Å². The largest absolute Gasteiger partial charge is 0.335 e. The van der Waals surface area contributed by atoms with Crippen LogP contribution in [0.1, 0.15) is 37.7 Å². The van der Waals surface area contributed by atoms with E-state index in [4.69, 9.17) is 4.98 Å². The van der Waals surface area contributed by atoms with Gasteiger partial charge >= 0.3 is 0 Å². The van der Waals surface area contributed by atoms with Gasteiger partial charge in [-0.05, 0) is 49.0 Å². The highest BCUT2D eigenvalue weighted by molar-refractivity contribution is 7.99. The van der Waals surface area contributed by atoms with E-state index in [1.54, 1.807) is 0 Å². The lowest BCUT2D eigenvalue weighted by molar-refractivity contribution is 0.409. The summed E-state index contributed by atoms with van der Waals surface area (Å²) in [5.74, 6) is 5.75. The van der Waals surface area contributed by atoms with E-state index in [0.717, 1.165) is 11.8 Å². The van der Waals surface area contributed by atoms with Gasteiger partial charge in [-0.3, -0.25) is 0 Å². The summed E-state index contributed by atoms with van der Waals surface area (Å²) in [5.41, 5.74) is 1.35. The summed E-state index contributed by atoms with van der Waals surface area (Å²) in [7, 11) is 0. The van der Waals surface area contributed by atoms with Gasteiger partial charge in [0.05, 0.1) is 5.69 Å². The molecule has 0 amide bonds. The SMILES string of the molecule is CC1CCn2cc(CC3CCCSC3)nc2C1. The number of aromatic nitrogens is 2. The summed E-state index contributed by atoms with van der Waals surface area (Å²) < 4.78 is 2.39. The van der Waals surface area contributed by atoms with E-state index in [1.165, 1.54) is 61.7 Å². The Labute approximate surface area is 108 Å². The van der Waals surface area contributed by atoms with Gasteiger partial charge in [-0.1, -0.05) is 6.92 Å². The molecule has 2 unspecified atom stereocenters. The molecule has 1 saturated heterocycles. The second-order valence-electron chi connectivity index (χ2n) is 5.73. The Bertz CT molecular complexity index is 380. The van der Waals surface area contributed by atoms with E-state index < -0.39 is 0 Å². The summed E-state index contributed by atoms with van der Waals surface area (Å²) in [6.07, 6.45) is 8.84. The topological polar surface area (TPSA) is 17.8 Å². The van der Waals surface area contributed by atoms with Gasteiger partial charge in [0.2, 0.25) is 0 Å². The van der Waals surface area contributed by atoms with Crippen LogP contribution in [0.15, 0.2) is 6.20 Å². The van der Waals surface area contributed by atoms with E-state index in [9.17, 15) is 0 Å². The van der Waals surface area contributed by atoms with Crippen LogP contribution in [-0.4, -0.2) is 21.1 Å². The molecule has 0 N–H and O–H groups in total. The maximum Gasteiger partial charge on any atom is 0.109 e.